The Morgan fingerprint density at radius 3 is 2.66 bits per heavy atom. The largest absolute Gasteiger partial charge is 0.469 e. The number of benzene rings is 2. The maximum atomic E-state index is 13.5. The molecule has 0 atom stereocenters. The van der Waals surface area contributed by atoms with E-state index in [0.29, 0.717) is 42.1 Å². The van der Waals surface area contributed by atoms with Crippen LogP contribution >= 0.6 is 0 Å². The molecule has 0 bridgehead atoms. The Morgan fingerprint density at radius 1 is 1.14 bits per heavy atom. The van der Waals surface area contributed by atoms with Gasteiger partial charge in [-0.3, -0.25) is 14.2 Å². The summed E-state index contributed by atoms with van der Waals surface area (Å²) in [6.45, 7) is 2.07. The summed E-state index contributed by atoms with van der Waals surface area (Å²) in [5.41, 5.74) is 2.01. The second kappa shape index (κ2) is 9.70. The van der Waals surface area contributed by atoms with E-state index in [4.69, 9.17) is 4.98 Å². The van der Waals surface area contributed by atoms with Crippen LogP contribution in [-0.4, -0.2) is 22.6 Å². The number of esters is 1. The zero-order valence-corrected chi connectivity index (χ0v) is 16.8. The molecule has 2 aromatic carbocycles. The standard InChI is InChI=1S/C24H24N2O3/c1-3-11-21-25-20-16-10-13-18(12-6-4-9-17-22(27)29-2)23(20)24(28)26(21)19-14-7-5-8-15-19/h5,7-8,10,13-16H,3-4,9,11,17H2,1-2H3. The van der Waals surface area contributed by atoms with Crippen molar-refractivity contribution < 1.29 is 9.53 Å². The lowest BCUT2D eigenvalue weighted by molar-refractivity contribution is -0.140. The van der Waals surface area contributed by atoms with Gasteiger partial charge in [-0.2, -0.15) is 0 Å². The Labute approximate surface area is 170 Å². The van der Waals surface area contributed by atoms with E-state index in [1.165, 1.54) is 7.11 Å². The highest BCUT2D eigenvalue weighted by Gasteiger charge is 2.14. The predicted octanol–water partition coefficient (Wildman–Crippen LogP) is 4.03. The molecule has 0 radical (unpaired) electrons. The van der Waals surface area contributed by atoms with Gasteiger partial charge in [-0.25, -0.2) is 4.98 Å². The van der Waals surface area contributed by atoms with Crippen LogP contribution in [0.5, 0.6) is 0 Å². The third kappa shape index (κ3) is 4.72. The van der Waals surface area contributed by atoms with Gasteiger partial charge >= 0.3 is 5.97 Å². The number of ether oxygens (including phenoxy) is 1. The van der Waals surface area contributed by atoms with Gasteiger partial charge in [0, 0.05) is 24.8 Å². The molecule has 0 fully saturated rings. The van der Waals surface area contributed by atoms with Gasteiger partial charge in [0.2, 0.25) is 0 Å². The van der Waals surface area contributed by atoms with Gasteiger partial charge in [0.1, 0.15) is 5.82 Å². The van der Waals surface area contributed by atoms with Crippen molar-refractivity contribution in [3.63, 3.8) is 0 Å². The van der Waals surface area contributed by atoms with Gasteiger partial charge in [-0.05, 0) is 37.1 Å². The summed E-state index contributed by atoms with van der Waals surface area (Å²) in [5, 5.41) is 0.525. The first kappa shape index (κ1) is 20.3. The highest BCUT2D eigenvalue weighted by Crippen LogP contribution is 2.17. The summed E-state index contributed by atoms with van der Waals surface area (Å²) in [4.78, 5) is 29.4. The summed E-state index contributed by atoms with van der Waals surface area (Å²) in [6, 6.07) is 15.1. The van der Waals surface area contributed by atoms with Crippen LogP contribution in [0.4, 0.5) is 0 Å². The number of methoxy groups -OCH3 is 1. The minimum absolute atomic E-state index is 0.107. The number of para-hydroxylation sites is 1. The quantitative estimate of drug-likeness (QED) is 0.363. The molecule has 0 aliphatic heterocycles. The van der Waals surface area contributed by atoms with Crippen molar-refractivity contribution >= 4 is 16.9 Å². The van der Waals surface area contributed by atoms with Gasteiger partial charge in [0.15, 0.2) is 0 Å². The third-order valence-corrected chi connectivity index (χ3v) is 4.59. The lowest BCUT2D eigenvalue weighted by Gasteiger charge is -2.13. The first-order chi connectivity index (χ1) is 14.2. The van der Waals surface area contributed by atoms with E-state index in [9.17, 15) is 9.59 Å². The number of fused-ring (bicyclic) bond motifs is 1. The van der Waals surface area contributed by atoms with E-state index in [1.807, 2.05) is 48.5 Å². The van der Waals surface area contributed by atoms with Crippen LogP contribution in [-0.2, 0) is 16.0 Å². The number of unbranched alkanes of at least 4 members (excludes halogenated alkanes) is 1. The number of hydrogen-bond donors (Lipinski definition) is 0. The molecule has 0 aliphatic carbocycles. The fourth-order valence-corrected chi connectivity index (χ4v) is 3.20. The molecule has 3 rings (SSSR count). The monoisotopic (exact) mass is 388 g/mol. The van der Waals surface area contributed by atoms with Crippen LogP contribution < -0.4 is 5.56 Å². The Bertz CT molecular complexity index is 1120. The number of carbonyl (C=O) groups is 1. The van der Waals surface area contributed by atoms with E-state index in [-0.39, 0.29) is 11.5 Å². The summed E-state index contributed by atoms with van der Waals surface area (Å²) in [6.07, 6.45) is 3.12. The maximum absolute atomic E-state index is 13.5. The zero-order valence-electron chi connectivity index (χ0n) is 16.8. The number of rotatable bonds is 6. The van der Waals surface area contributed by atoms with Crippen molar-refractivity contribution in [2.75, 3.05) is 7.11 Å². The molecule has 0 unspecified atom stereocenters. The molecule has 5 heteroatoms. The van der Waals surface area contributed by atoms with Crippen molar-refractivity contribution in [2.45, 2.75) is 39.0 Å². The Morgan fingerprint density at radius 2 is 1.93 bits per heavy atom. The van der Waals surface area contributed by atoms with E-state index in [1.54, 1.807) is 4.57 Å². The molecule has 0 amide bonds. The first-order valence-electron chi connectivity index (χ1n) is 9.81. The molecule has 3 aromatic rings. The fraction of sp³-hybridized carbons (Fsp3) is 0.292. The minimum atomic E-state index is -0.240. The summed E-state index contributed by atoms with van der Waals surface area (Å²) in [7, 11) is 1.38. The number of hydrogen-bond acceptors (Lipinski definition) is 4. The summed E-state index contributed by atoms with van der Waals surface area (Å²) < 4.78 is 6.32. The van der Waals surface area contributed by atoms with E-state index in [2.05, 4.69) is 23.5 Å². The third-order valence-electron chi connectivity index (χ3n) is 4.59. The van der Waals surface area contributed by atoms with Crippen molar-refractivity contribution in [3.8, 4) is 17.5 Å². The zero-order chi connectivity index (χ0) is 20.6. The normalized spacial score (nSPS) is 10.4. The molecule has 148 valence electrons. The van der Waals surface area contributed by atoms with Gasteiger partial charge in [-0.15, -0.1) is 0 Å². The Balaban J connectivity index is 2.06. The highest BCUT2D eigenvalue weighted by atomic mass is 16.5. The Kier molecular flexibility index (Phi) is 6.80. The SMILES string of the molecule is CCCc1nc2cccc(C#CCCCC(=O)OC)c2c(=O)n1-c1ccccc1. The molecular weight excluding hydrogens is 364 g/mol. The van der Waals surface area contributed by atoms with Gasteiger partial charge in [0.25, 0.3) is 5.56 Å². The molecule has 29 heavy (non-hydrogen) atoms. The number of carbonyl (C=O) groups excluding carboxylic acids is 1. The average molecular weight is 388 g/mol. The minimum Gasteiger partial charge on any atom is -0.469 e. The highest BCUT2D eigenvalue weighted by molar-refractivity contribution is 5.84. The second-order valence-electron chi connectivity index (χ2n) is 6.69. The average Bonchev–Trinajstić information content (AvgIpc) is 2.74. The molecule has 5 nitrogen and oxygen atoms in total. The van der Waals surface area contributed by atoms with Crippen LogP contribution in [0.3, 0.4) is 0 Å². The molecule has 1 aromatic heterocycles. The van der Waals surface area contributed by atoms with Crippen molar-refractivity contribution in [2.24, 2.45) is 0 Å². The molecule has 0 saturated carbocycles. The molecule has 0 aliphatic rings. The topological polar surface area (TPSA) is 61.2 Å². The van der Waals surface area contributed by atoms with Crippen molar-refractivity contribution in [1.29, 1.82) is 0 Å². The smallest absolute Gasteiger partial charge is 0.305 e. The number of nitrogens with zero attached hydrogens (tertiary/aromatic N) is 2. The second-order valence-corrected chi connectivity index (χ2v) is 6.69. The molecular formula is C24H24N2O3. The van der Waals surface area contributed by atoms with Crippen LogP contribution in [0.25, 0.3) is 16.6 Å². The van der Waals surface area contributed by atoms with E-state index in [0.717, 1.165) is 17.9 Å². The van der Waals surface area contributed by atoms with Crippen LogP contribution in [0.2, 0.25) is 0 Å². The van der Waals surface area contributed by atoms with Gasteiger partial charge < -0.3 is 4.74 Å². The fourth-order valence-electron chi connectivity index (χ4n) is 3.20. The number of aryl methyl sites for hydroxylation is 1. The van der Waals surface area contributed by atoms with Gasteiger partial charge in [-0.1, -0.05) is 43.0 Å². The lowest BCUT2D eigenvalue weighted by atomic mass is 10.1. The first-order valence-corrected chi connectivity index (χ1v) is 9.81. The van der Waals surface area contributed by atoms with Crippen LogP contribution in [0.15, 0.2) is 53.3 Å². The van der Waals surface area contributed by atoms with Crippen molar-refractivity contribution in [3.05, 3.63) is 70.3 Å². The summed E-state index contributed by atoms with van der Waals surface area (Å²) in [5.74, 6) is 6.67. The summed E-state index contributed by atoms with van der Waals surface area (Å²) >= 11 is 0. The molecule has 0 N–H and O–H groups in total. The molecule has 0 saturated heterocycles. The van der Waals surface area contributed by atoms with Crippen LogP contribution in [0, 0.1) is 11.8 Å². The Hall–Kier alpha value is -3.39. The van der Waals surface area contributed by atoms with Gasteiger partial charge in [0.05, 0.1) is 23.7 Å². The molecule has 0 spiro atoms. The predicted molar refractivity (Wildman–Crippen MR) is 114 cm³/mol. The van der Waals surface area contributed by atoms with E-state index < -0.39 is 0 Å². The maximum Gasteiger partial charge on any atom is 0.305 e. The number of aromatic nitrogens is 2. The van der Waals surface area contributed by atoms with E-state index >= 15 is 0 Å². The van der Waals surface area contributed by atoms with Crippen molar-refractivity contribution in [1.82, 2.24) is 9.55 Å². The van der Waals surface area contributed by atoms with Crippen LogP contribution in [0.1, 0.15) is 44.0 Å². The lowest BCUT2D eigenvalue weighted by Crippen LogP contribution is -2.24. The molecule has 1 heterocycles.